The van der Waals surface area contributed by atoms with Crippen molar-refractivity contribution in [1.82, 2.24) is 10.9 Å². The van der Waals surface area contributed by atoms with Crippen LogP contribution in [0.25, 0.3) is 0 Å². The molecular formula is C7H14N3O4-. The lowest BCUT2D eigenvalue weighted by Gasteiger charge is -2.15. The number of nitrogens with two attached hydrogens (primary N) is 1. The first-order valence-corrected chi connectivity index (χ1v) is 4.23. The van der Waals surface area contributed by atoms with Crippen LogP contribution in [0.3, 0.4) is 0 Å². The lowest BCUT2D eigenvalue weighted by Crippen LogP contribution is -2.52. The maximum absolute atomic E-state index is 10.6. The van der Waals surface area contributed by atoms with Gasteiger partial charge in [-0.05, 0) is 25.8 Å². The van der Waals surface area contributed by atoms with Gasteiger partial charge in [0.2, 0.25) is 0 Å². The summed E-state index contributed by atoms with van der Waals surface area (Å²) in [6.45, 7) is 0.486. The number of amides is 1. The van der Waals surface area contributed by atoms with Crippen LogP contribution in [-0.4, -0.2) is 29.8 Å². The molecule has 0 spiro atoms. The number of carboxylic acids is 1. The quantitative estimate of drug-likeness (QED) is 0.281. The fourth-order valence-electron chi connectivity index (χ4n) is 0.896. The Hall–Kier alpha value is -1.34. The summed E-state index contributed by atoms with van der Waals surface area (Å²) in [6, 6.07) is -0.945. The first-order valence-electron chi connectivity index (χ1n) is 4.23. The molecule has 0 bridgehead atoms. The van der Waals surface area contributed by atoms with E-state index in [1.165, 1.54) is 0 Å². The number of carboxylic acid groups (broad SMARTS) is 2. The highest BCUT2D eigenvalue weighted by Crippen LogP contribution is 1.99. The zero-order valence-electron chi connectivity index (χ0n) is 7.66. The minimum Gasteiger partial charge on any atom is -0.529 e. The van der Waals surface area contributed by atoms with Crippen LogP contribution in [0.5, 0.6) is 0 Å². The average Bonchev–Trinajstić information content (AvgIpc) is 2.10. The molecule has 0 saturated heterocycles. The maximum Gasteiger partial charge on any atom is 0.322 e. The Labute approximate surface area is 81.3 Å². The summed E-state index contributed by atoms with van der Waals surface area (Å²) < 4.78 is 0. The van der Waals surface area contributed by atoms with Crippen LogP contribution in [0.15, 0.2) is 0 Å². The summed E-state index contributed by atoms with van der Waals surface area (Å²) in [7, 11) is 0. The van der Waals surface area contributed by atoms with Gasteiger partial charge < -0.3 is 26.2 Å². The predicted octanol–water partition coefficient (Wildman–Crippen LogP) is -1.99. The molecule has 0 saturated carbocycles. The van der Waals surface area contributed by atoms with Crippen molar-refractivity contribution < 1.29 is 19.8 Å². The van der Waals surface area contributed by atoms with Crippen LogP contribution < -0.4 is 21.7 Å². The van der Waals surface area contributed by atoms with Crippen molar-refractivity contribution in [2.24, 2.45) is 5.73 Å². The van der Waals surface area contributed by atoms with Crippen LogP contribution in [-0.2, 0) is 4.79 Å². The highest BCUT2D eigenvalue weighted by molar-refractivity contribution is 5.73. The van der Waals surface area contributed by atoms with Gasteiger partial charge in [-0.3, -0.25) is 4.79 Å². The summed E-state index contributed by atoms with van der Waals surface area (Å²) >= 11 is 0. The number of hydrogen-bond acceptors (Lipinski definition) is 5. The topological polar surface area (TPSA) is 128 Å². The van der Waals surface area contributed by atoms with E-state index in [0.717, 1.165) is 0 Å². The van der Waals surface area contributed by atoms with Gasteiger partial charge in [0.1, 0.15) is 12.1 Å². The van der Waals surface area contributed by atoms with E-state index in [2.05, 4.69) is 5.43 Å². The van der Waals surface area contributed by atoms with Crippen molar-refractivity contribution in [3.8, 4) is 0 Å². The van der Waals surface area contributed by atoms with E-state index in [1.54, 1.807) is 5.43 Å². The Morgan fingerprint density at radius 1 is 1.43 bits per heavy atom. The Bertz CT molecular complexity index is 197. The van der Waals surface area contributed by atoms with Crippen molar-refractivity contribution in [2.45, 2.75) is 25.3 Å². The standard InChI is InChI=1S/C7H15N3O4/c8-4-2-1-3-5(6(11)12)9-10-7(13)14/h5,9-10H,1-4,8H2,(H,11,12)(H,13,14)/p-1/t5-/m0/s1. The molecule has 82 valence electrons. The summed E-state index contributed by atoms with van der Waals surface area (Å²) in [5, 5.41) is 18.6. The SMILES string of the molecule is NCCCC[C@H](NNC(=O)[O-])C(=O)O. The maximum atomic E-state index is 10.6. The van der Waals surface area contributed by atoms with Gasteiger partial charge >= 0.3 is 5.97 Å². The average molecular weight is 204 g/mol. The molecular weight excluding hydrogens is 190 g/mol. The second-order valence-corrected chi connectivity index (χ2v) is 2.73. The zero-order valence-corrected chi connectivity index (χ0v) is 7.66. The number of aliphatic carboxylic acids is 1. The third kappa shape index (κ3) is 6.21. The minimum absolute atomic E-state index is 0.312. The van der Waals surface area contributed by atoms with E-state index in [0.29, 0.717) is 25.8 Å². The Morgan fingerprint density at radius 2 is 2.07 bits per heavy atom. The largest absolute Gasteiger partial charge is 0.529 e. The molecule has 0 aliphatic carbocycles. The minimum atomic E-state index is -1.56. The summed E-state index contributed by atoms with van der Waals surface area (Å²) in [5.41, 5.74) is 9.05. The third-order valence-electron chi connectivity index (χ3n) is 1.59. The number of rotatable bonds is 7. The molecule has 5 N–H and O–H groups in total. The van der Waals surface area contributed by atoms with Crippen molar-refractivity contribution in [1.29, 1.82) is 0 Å². The molecule has 0 unspecified atom stereocenters. The van der Waals surface area contributed by atoms with E-state index in [4.69, 9.17) is 10.8 Å². The zero-order chi connectivity index (χ0) is 11.0. The first kappa shape index (κ1) is 12.7. The van der Waals surface area contributed by atoms with Crippen LogP contribution in [0.2, 0.25) is 0 Å². The van der Waals surface area contributed by atoms with Crippen molar-refractivity contribution in [3.63, 3.8) is 0 Å². The van der Waals surface area contributed by atoms with Crippen molar-refractivity contribution >= 4 is 12.1 Å². The van der Waals surface area contributed by atoms with Crippen molar-refractivity contribution in [2.75, 3.05) is 6.54 Å². The molecule has 0 heterocycles. The summed E-state index contributed by atoms with van der Waals surface area (Å²) in [5.74, 6) is -1.12. The molecule has 0 rings (SSSR count). The van der Waals surface area contributed by atoms with Crippen LogP contribution in [0.4, 0.5) is 4.79 Å². The number of hydrogen-bond donors (Lipinski definition) is 4. The Kier molecular flexibility index (Phi) is 6.42. The molecule has 0 radical (unpaired) electrons. The molecule has 1 atom stereocenters. The lowest BCUT2D eigenvalue weighted by atomic mass is 10.1. The van der Waals surface area contributed by atoms with E-state index in [-0.39, 0.29) is 0 Å². The highest BCUT2D eigenvalue weighted by Gasteiger charge is 2.15. The van der Waals surface area contributed by atoms with Gasteiger partial charge in [0.25, 0.3) is 0 Å². The molecule has 1 amide bonds. The second kappa shape index (κ2) is 7.10. The van der Waals surface area contributed by atoms with Crippen LogP contribution in [0.1, 0.15) is 19.3 Å². The monoisotopic (exact) mass is 204 g/mol. The fraction of sp³-hybridized carbons (Fsp3) is 0.714. The summed E-state index contributed by atoms with van der Waals surface area (Å²) in [4.78, 5) is 20.5. The van der Waals surface area contributed by atoms with Gasteiger partial charge in [-0.2, -0.15) is 0 Å². The fourth-order valence-corrected chi connectivity index (χ4v) is 0.896. The van der Waals surface area contributed by atoms with Gasteiger partial charge in [-0.1, -0.05) is 0 Å². The molecule has 0 aliphatic heterocycles. The number of nitrogens with one attached hydrogen (secondary N) is 2. The Balaban J connectivity index is 3.78. The second-order valence-electron chi connectivity index (χ2n) is 2.73. The molecule has 0 aromatic rings. The first-order chi connectivity index (χ1) is 6.57. The van der Waals surface area contributed by atoms with Crippen LogP contribution in [0, 0.1) is 0 Å². The van der Waals surface area contributed by atoms with Crippen LogP contribution >= 0.6 is 0 Å². The van der Waals surface area contributed by atoms with Gasteiger partial charge in [-0.25, -0.2) is 5.43 Å². The van der Waals surface area contributed by atoms with Crippen molar-refractivity contribution in [3.05, 3.63) is 0 Å². The molecule has 0 aromatic carbocycles. The molecule has 7 nitrogen and oxygen atoms in total. The lowest BCUT2D eigenvalue weighted by molar-refractivity contribution is -0.252. The van der Waals surface area contributed by atoms with E-state index >= 15 is 0 Å². The van der Waals surface area contributed by atoms with Gasteiger partial charge in [-0.15, -0.1) is 0 Å². The number of carbonyl (C=O) groups excluding carboxylic acids is 1. The smallest absolute Gasteiger partial charge is 0.322 e. The van der Waals surface area contributed by atoms with E-state index in [9.17, 15) is 14.7 Å². The molecule has 0 fully saturated rings. The molecule has 0 aliphatic rings. The number of hydrazine groups is 1. The van der Waals surface area contributed by atoms with Gasteiger partial charge in [0.15, 0.2) is 0 Å². The summed E-state index contributed by atoms with van der Waals surface area (Å²) in [6.07, 6.45) is 0.0776. The van der Waals surface area contributed by atoms with E-state index < -0.39 is 18.1 Å². The molecule has 7 heteroatoms. The predicted molar refractivity (Wildman–Crippen MR) is 46.0 cm³/mol. The number of unbranched alkanes of at least 4 members (excludes halogenated alkanes) is 1. The van der Waals surface area contributed by atoms with Gasteiger partial charge in [0.05, 0.1) is 0 Å². The molecule has 14 heavy (non-hydrogen) atoms. The Morgan fingerprint density at radius 3 is 2.50 bits per heavy atom. The normalized spacial score (nSPS) is 12.1. The molecule has 0 aromatic heterocycles. The highest BCUT2D eigenvalue weighted by atomic mass is 16.4. The number of carbonyl (C=O) groups is 2. The van der Waals surface area contributed by atoms with Gasteiger partial charge in [0, 0.05) is 0 Å². The van der Waals surface area contributed by atoms with E-state index in [1.807, 2.05) is 0 Å². The third-order valence-corrected chi connectivity index (χ3v) is 1.59.